The summed E-state index contributed by atoms with van der Waals surface area (Å²) in [6.07, 6.45) is -3.64. The van der Waals surface area contributed by atoms with Gasteiger partial charge >= 0.3 is 12.1 Å². The summed E-state index contributed by atoms with van der Waals surface area (Å²) in [6.45, 7) is 1.19. The fraction of sp³-hybridized carbons (Fsp3) is 0.333. The van der Waals surface area contributed by atoms with Crippen molar-refractivity contribution >= 4 is 5.97 Å². The summed E-state index contributed by atoms with van der Waals surface area (Å²) in [5.74, 6) is -2.54. The molecule has 0 aliphatic carbocycles. The van der Waals surface area contributed by atoms with Crippen LogP contribution < -0.4 is 0 Å². The molecule has 0 radical (unpaired) electrons. The Morgan fingerprint density at radius 3 is 2.60 bits per heavy atom. The zero-order valence-electron chi connectivity index (χ0n) is 7.75. The van der Waals surface area contributed by atoms with E-state index in [1.165, 1.54) is 13.0 Å². The van der Waals surface area contributed by atoms with Crippen molar-refractivity contribution in [2.45, 2.75) is 19.0 Å². The van der Waals surface area contributed by atoms with Crippen LogP contribution in [0.2, 0.25) is 0 Å². The first kappa shape index (κ1) is 11.5. The number of alkyl halides is 3. The molecule has 0 spiro atoms. The predicted molar refractivity (Wildman–Crippen MR) is 45.3 cm³/mol. The Bertz CT molecular complexity index is 376. The van der Waals surface area contributed by atoms with Gasteiger partial charge in [-0.1, -0.05) is 6.07 Å². The fourth-order valence-corrected chi connectivity index (χ4v) is 1.14. The van der Waals surface area contributed by atoms with Gasteiger partial charge in [-0.25, -0.2) is 0 Å². The average Bonchev–Trinajstić information content (AvgIpc) is 2.15. The normalized spacial score (nSPS) is 13.6. The van der Waals surface area contributed by atoms with Crippen LogP contribution in [0.15, 0.2) is 18.3 Å². The highest BCUT2D eigenvalue weighted by Gasteiger charge is 2.37. The molecule has 0 aliphatic rings. The number of hydrogen-bond donors (Lipinski definition) is 1. The van der Waals surface area contributed by atoms with Crippen LogP contribution in [0.5, 0.6) is 0 Å². The maximum Gasteiger partial charge on any atom is 0.433 e. The van der Waals surface area contributed by atoms with Crippen molar-refractivity contribution < 1.29 is 23.1 Å². The van der Waals surface area contributed by atoms with Gasteiger partial charge in [-0.3, -0.25) is 9.78 Å². The molecule has 0 saturated heterocycles. The third kappa shape index (κ3) is 2.45. The van der Waals surface area contributed by atoms with Crippen LogP contribution in [0, 0.1) is 0 Å². The van der Waals surface area contributed by atoms with Crippen molar-refractivity contribution in [1.29, 1.82) is 0 Å². The molecule has 6 heteroatoms. The molecule has 1 aromatic rings. The summed E-state index contributed by atoms with van der Waals surface area (Å²) in [4.78, 5) is 13.7. The largest absolute Gasteiger partial charge is 0.481 e. The maximum absolute atomic E-state index is 12.4. The Morgan fingerprint density at radius 1 is 1.53 bits per heavy atom. The van der Waals surface area contributed by atoms with Gasteiger partial charge in [-0.2, -0.15) is 13.2 Å². The monoisotopic (exact) mass is 219 g/mol. The summed E-state index contributed by atoms with van der Waals surface area (Å²) >= 11 is 0. The fourth-order valence-electron chi connectivity index (χ4n) is 1.14. The van der Waals surface area contributed by atoms with E-state index < -0.39 is 23.8 Å². The molecule has 82 valence electrons. The van der Waals surface area contributed by atoms with E-state index in [0.29, 0.717) is 0 Å². The number of aromatic nitrogens is 1. The van der Waals surface area contributed by atoms with Crippen molar-refractivity contribution in [1.82, 2.24) is 4.98 Å². The molecule has 3 nitrogen and oxygen atoms in total. The van der Waals surface area contributed by atoms with Gasteiger partial charge in [0.25, 0.3) is 0 Å². The molecule has 15 heavy (non-hydrogen) atoms. The topological polar surface area (TPSA) is 50.2 Å². The lowest BCUT2D eigenvalue weighted by atomic mass is 9.99. The molecular weight excluding hydrogens is 211 g/mol. The summed E-state index contributed by atoms with van der Waals surface area (Å²) in [5, 5.41) is 8.63. The number of halogens is 3. The van der Waals surface area contributed by atoms with Gasteiger partial charge in [0.05, 0.1) is 5.92 Å². The lowest BCUT2D eigenvalue weighted by Crippen LogP contribution is -2.17. The lowest BCUT2D eigenvalue weighted by molar-refractivity contribution is -0.143. The second-order valence-electron chi connectivity index (χ2n) is 3.00. The lowest BCUT2D eigenvalue weighted by Gasteiger charge is -2.13. The van der Waals surface area contributed by atoms with Crippen LogP contribution in [0.25, 0.3) is 0 Å². The molecule has 1 unspecified atom stereocenters. The summed E-state index contributed by atoms with van der Waals surface area (Å²) < 4.78 is 37.3. The molecule has 0 fully saturated rings. The summed E-state index contributed by atoms with van der Waals surface area (Å²) in [5.41, 5.74) is -1.46. The third-order valence-electron chi connectivity index (χ3n) is 1.94. The van der Waals surface area contributed by atoms with E-state index >= 15 is 0 Å². The molecule has 0 saturated carbocycles. The Kier molecular flexibility index (Phi) is 2.97. The molecule has 1 rings (SSSR count). The standard InChI is InChI=1S/C9H8F3NO2/c1-5(8(14)15)6-3-2-4-13-7(6)9(10,11)12/h2-5H,1H3,(H,14,15). The highest BCUT2D eigenvalue weighted by molar-refractivity contribution is 5.75. The Balaban J connectivity index is 3.24. The van der Waals surface area contributed by atoms with Gasteiger partial charge in [0.15, 0.2) is 0 Å². The Morgan fingerprint density at radius 2 is 2.13 bits per heavy atom. The number of carbonyl (C=O) groups is 1. The van der Waals surface area contributed by atoms with Gasteiger partial charge in [-0.05, 0) is 18.6 Å². The third-order valence-corrected chi connectivity index (χ3v) is 1.94. The van der Waals surface area contributed by atoms with E-state index in [0.717, 1.165) is 12.3 Å². The first-order chi connectivity index (χ1) is 6.84. The second kappa shape index (κ2) is 3.88. The highest BCUT2D eigenvalue weighted by Crippen LogP contribution is 2.33. The minimum Gasteiger partial charge on any atom is -0.481 e. The molecule has 0 amide bonds. The molecule has 1 N–H and O–H groups in total. The average molecular weight is 219 g/mol. The minimum absolute atomic E-state index is 0.322. The van der Waals surface area contributed by atoms with Crippen molar-refractivity contribution in [3.63, 3.8) is 0 Å². The number of carboxylic acid groups (broad SMARTS) is 1. The van der Waals surface area contributed by atoms with Gasteiger partial charge < -0.3 is 5.11 Å². The summed E-state index contributed by atoms with van der Waals surface area (Å²) in [6, 6.07) is 2.40. The SMILES string of the molecule is CC(C(=O)O)c1cccnc1C(F)(F)F. The molecule has 0 aliphatic heterocycles. The van der Waals surface area contributed by atoms with Crippen LogP contribution >= 0.6 is 0 Å². The molecular formula is C9H8F3NO2. The van der Waals surface area contributed by atoms with Gasteiger partial charge in [-0.15, -0.1) is 0 Å². The predicted octanol–water partition coefficient (Wildman–Crippen LogP) is 2.29. The number of carboxylic acids is 1. The smallest absolute Gasteiger partial charge is 0.433 e. The second-order valence-corrected chi connectivity index (χ2v) is 3.00. The van der Waals surface area contributed by atoms with E-state index in [1.54, 1.807) is 0 Å². The number of pyridine rings is 1. The molecule has 1 heterocycles. The molecule has 0 aromatic carbocycles. The number of aliphatic carboxylic acids is 1. The first-order valence-corrected chi connectivity index (χ1v) is 4.09. The van der Waals surface area contributed by atoms with Crippen LogP contribution in [0.3, 0.4) is 0 Å². The van der Waals surface area contributed by atoms with Crippen molar-refractivity contribution in [2.24, 2.45) is 0 Å². The van der Waals surface area contributed by atoms with Crippen LogP contribution in [0.1, 0.15) is 24.1 Å². The Hall–Kier alpha value is -1.59. The van der Waals surface area contributed by atoms with Crippen LogP contribution in [0.4, 0.5) is 13.2 Å². The van der Waals surface area contributed by atoms with Crippen molar-refractivity contribution in [2.75, 3.05) is 0 Å². The van der Waals surface area contributed by atoms with Crippen molar-refractivity contribution in [3.05, 3.63) is 29.6 Å². The van der Waals surface area contributed by atoms with Crippen molar-refractivity contribution in [3.8, 4) is 0 Å². The molecule has 0 bridgehead atoms. The van der Waals surface area contributed by atoms with Gasteiger partial charge in [0.2, 0.25) is 0 Å². The zero-order valence-corrected chi connectivity index (χ0v) is 7.75. The molecule has 1 atom stereocenters. The van der Waals surface area contributed by atoms with E-state index in [-0.39, 0.29) is 5.56 Å². The quantitative estimate of drug-likeness (QED) is 0.830. The number of nitrogens with zero attached hydrogens (tertiary/aromatic N) is 1. The van der Waals surface area contributed by atoms with E-state index in [1.807, 2.05) is 0 Å². The minimum atomic E-state index is -4.62. The van der Waals surface area contributed by atoms with Crippen LogP contribution in [-0.4, -0.2) is 16.1 Å². The van der Waals surface area contributed by atoms with E-state index in [9.17, 15) is 18.0 Å². The first-order valence-electron chi connectivity index (χ1n) is 4.09. The number of rotatable bonds is 2. The highest BCUT2D eigenvalue weighted by atomic mass is 19.4. The van der Waals surface area contributed by atoms with Gasteiger partial charge in [0.1, 0.15) is 5.69 Å². The molecule has 1 aromatic heterocycles. The number of hydrogen-bond acceptors (Lipinski definition) is 2. The van der Waals surface area contributed by atoms with E-state index in [2.05, 4.69) is 4.98 Å². The van der Waals surface area contributed by atoms with Crippen LogP contribution in [-0.2, 0) is 11.0 Å². The van der Waals surface area contributed by atoms with Gasteiger partial charge in [0, 0.05) is 6.20 Å². The summed E-state index contributed by atoms with van der Waals surface area (Å²) in [7, 11) is 0. The zero-order chi connectivity index (χ0) is 11.6. The maximum atomic E-state index is 12.4. The van der Waals surface area contributed by atoms with E-state index in [4.69, 9.17) is 5.11 Å². The Labute approximate surface area is 83.6 Å².